The van der Waals surface area contributed by atoms with Crippen LogP contribution in [0.5, 0.6) is 5.75 Å². The van der Waals surface area contributed by atoms with Crippen molar-refractivity contribution >= 4 is 11.9 Å². The van der Waals surface area contributed by atoms with E-state index in [1.165, 1.54) is 0 Å². The van der Waals surface area contributed by atoms with Crippen LogP contribution in [0.2, 0.25) is 0 Å². The van der Waals surface area contributed by atoms with Gasteiger partial charge in [-0.25, -0.2) is 0 Å². The SMILES string of the molecule is CCCOc1c(/C(C)=C\C=O)cc(C(C)C)nc1C(C)C. The third-order valence-corrected chi connectivity index (χ3v) is 3.35. The Morgan fingerprint density at radius 1 is 1.29 bits per heavy atom. The molecule has 0 saturated heterocycles. The summed E-state index contributed by atoms with van der Waals surface area (Å²) in [5, 5.41) is 0. The summed E-state index contributed by atoms with van der Waals surface area (Å²) in [5.74, 6) is 1.44. The van der Waals surface area contributed by atoms with Crippen LogP contribution in [0.15, 0.2) is 12.1 Å². The predicted molar refractivity (Wildman–Crippen MR) is 87.9 cm³/mol. The number of nitrogens with zero attached hydrogens (tertiary/aromatic N) is 1. The fourth-order valence-electron chi connectivity index (χ4n) is 2.10. The van der Waals surface area contributed by atoms with Gasteiger partial charge in [-0.3, -0.25) is 9.78 Å². The summed E-state index contributed by atoms with van der Waals surface area (Å²) in [4.78, 5) is 15.6. The third kappa shape index (κ3) is 4.42. The summed E-state index contributed by atoms with van der Waals surface area (Å²) in [6.45, 7) is 13.2. The van der Waals surface area contributed by atoms with Crippen molar-refractivity contribution in [2.45, 2.75) is 59.8 Å². The van der Waals surface area contributed by atoms with Crippen molar-refractivity contribution in [2.24, 2.45) is 0 Å². The van der Waals surface area contributed by atoms with Crippen LogP contribution in [-0.4, -0.2) is 17.9 Å². The lowest BCUT2D eigenvalue weighted by Crippen LogP contribution is -2.08. The van der Waals surface area contributed by atoms with E-state index in [0.717, 1.165) is 41.0 Å². The number of pyridine rings is 1. The minimum atomic E-state index is 0.276. The van der Waals surface area contributed by atoms with Gasteiger partial charge in [0.25, 0.3) is 0 Å². The van der Waals surface area contributed by atoms with Crippen molar-refractivity contribution in [1.82, 2.24) is 4.98 Å². The fraction of sp³-hybridized carbons (Fsp3) is 0.556. The average Bonchev–Trinajstić information content (AvgIpc) is 2.44. The molecule has 0 bridgehead atoms. The van der Waals surface area contributed by atoms with Gasteiger partial charge in [0.1, 0.15) is 12.0 Å². The number of allylic oxidation sites excluding steroid dienone is 2. The van der Waals surface area contributed by atoms with Crippen LogP contribution in [0, 0.1) is 0 Å². The summed E-state index contributed by atoms with van der Waals surface area (Å²) < 4.78 is 5.96. The van der Waals surface area contributed by atoms with Crippen LogP contribution in [-0.2, 0) is 4.79 Å². The van der Waals surface area contributed by atoms with E-state index >= 15 is 0 Å². The molecule has 3 heteroatoms. The van der Waals surface area contributed by atoms with E-state index in [1.807, 2.05) is 6.92 Å². The highest BCUT2D eigenvalue weighted by Crippen LogP contribution is 2.35. The number of carbonyl (C=O) groups excluding carboxylic acids is 1. The molecule has 0 aliphatic rings. The maximum atomic E-state index is 10.8. The molecule has 0 spiro atoms. The summed E-state index contributed by atoms with van der Waals surface area (Å²) >= 11 is 0. The monoisotopic (exact) mass is 289 g/mol. The van der Waals surface area contributed by atoms with Crippen LogP contribution in [0.1, 0.15) is 76.8 Å². The Labute approximate surface area is 128 Å². The molecule has 0 fully saturated rings. The van der Waals surface area contributed by atoms with Gasteiger partial charge in [-0.15, -0.1) is 0 Å². The summed E-state index contributed by atoms with van der Waals surface area (Å²) in [6, 6.07) is 2.05. The van der Waals surface area contributed by atoms with E-state index in [0.29, 0.717) is 12.5 Å². The number of hydrogen-bond donors (Lipinski definition) is 0. The van der Waals surface area contributed by atoms with Gasteiger partial charge in [-0.05, 0) is 42.9 Å². The standard InChI is InChI=1S/C18H27NO2/c1-7-10-21-18-15(14(6)8-9-20)11-16(12(2)3)19-17(18)13(4)5/h8-9,11-13H,7,10H2,1-6H3/b14-8-. The van der Waals surface area contributed by atoms with Crippen molar-refractivity contribution in [3.8, 4) is 5.75 Å². The quantitative estimate of drug-likeness (QED) is 0.538. The smallest absolute Gasteiger partial charge is 0.148 e. The Hall–Kier alpha value is -1.64. The second kappa shape index (κ2) is 7.96. The number of aldehydes is 1. The normalized spacial score (nSPS) is 12.1. The fourth-order valence-corrected chi connectivity index (χ4v) is 2.10. The molecule has 3 nitrogen and oxygen atoms in total. The van der Waals surface area contributed by atoms with Gasteiger partial charge >= 0.3 is 0 Å². The molecule has 1 heterocycles. The molecule has 0 N–H and O–H groups in total. The van der Waals surface area contributed by atoms with Crippen molar-refractivity contribution in [3.05, 3.63) is 29.1 Å². The van der Waals surface area contributed by atoms with Gasteiger partial charge in [0.15, 0.2) is 0 Å². The average molecular weight is 289 g/mol. The highest BCUT2D eigenvalue weighted by atomic mass is 16.5. The highest BCUT2D eigenvalue weighted by Gasteiger charge is 2.18. The molecule has 1 rings (SSSR count). The molecule has 1 aromatic rings. The van der Waals surface area contributed by atoms with Gasteiger partial charge in [0, 0.05) is 11.3 Å². The molecule has 0 aliphatic heterocycles. The first-order valence-corrected chi connectivity index (χ1v) is 7.72. The van der Waals surface area contributed by atoms with E-state index in [1.54, 1.807) is 6.08 Å². The number of rotatable bonds is 7. The largest absolute Gasteiger partial charge is 0.491 e. The van der Waals surface area contributed by atoms with Crippen molar-refractivity contribution in [1.29, 1.82) is 0 Å². The lowest BCUT2D eigenvalue weighted by molar-refractivity contribution is -0.104. The molecule has 21 heavy (non-hydrogen) atoms. The molecule has 0 radical (unpaired) electrons. The zero-order valence-corrected chi connectivity index (χ0v) is 14.1. The number of ether oxygens (including phenoxy) is 1. The molecular formula is C18H27NO2. The zero-order chi connectivity index (χ0) is 16.0. The Morgan fingerprint density at radius 3 is 2.43 bits per heavy atom. The first kappa shape index (κ1) is 17.4. The molecule has 0 saturated carbocycles. The summed E-state index contributed by atoms with van der Waals surface area (Å²) in [6.07, 6.45) is 3.35. The van der Waals surface area contributed by atoms with Gasteiger partial charge in [0.2, 0.25) is 0 Å². The van der Waals surface area contributed by atoms with Crippen LogP contribution in [0.3, 0.4) is 0 Å². The van der Waals surface area contributed by atoms with E-state index in [9.17, 15) is 4.79 Å². The lowest BCUT2D eigenvalue weighted by atomic mass is 9.97. The minimum Gasteiger partial charge on any atom is -0.491 e. The lowest BCUT2D eigenvalue weighted by Gasteiger charge is -2.20. The summed E-state index contributed by atoms with van der Waals surface area (Å²) in [7, 11) is 0. The van der Waals surface area contributed by atoms with E-state index in [-0.39, 0.29) is 5.92 Å². The first-order valence-electron chi connectivity index (χ1n) is 7.72. The second-order valence-electron chi connectivity index (χ2n) is 5.95. The van der Waals surface area contributed by atoms with Gasteiger partial charge < -0.3 is 4.74 Å². The zero-order valence-electron chi connectivity index (χ0n) is 14.1. The van der Waals surface area contributed by atoms with Crippen LogP contribution >= 0.6 is 0 Å². The van der Waals surface area contributed by atoms with Crippen LogP contribution < -0.4 is 4.74 Å². The topological polar surface area (TPSA) is 39.2 Å². The van der Waals surface area contributed by atoms with E-state index < -0.39 is 0 Å². The first-order chi connectivity index (χ1) is 9.92. The Balaban J connectivity index is 3.53. The molecule has 0 unspecified atom stereocenters. The van der Waals surface area contributed by atoms with Gasteiger partial charge in [-0.2, -0.15) is 0 Å². The molecular weight excluding hydrogens is 262 g/mol. The molecule has 1 aromatic heterocycles. The third-order valence-electron chi connectivity index (χ3n) is 3.35. The molecule has 116 valence electrons. The van der Waals surface area contributed by atoms with E-state index in [4.69, 9.17) is 9.72 Å². The van der Waals surface area contributed by atoms with Crippen molar-refractivity contribution < 1.29 is 9.53 Å². The Kier molecular flexibility index (Phi) is 6.60. The predicted octanol–water partition coefficient (Wildman–Crippen LogP) is 4.72. The number of aromatic nitrogens is 1. The summed E-state index contributed by atoms with van der Waals surface area (Å²) in [5.41, 5.74) is 3.92. The highest BCUT2D eigenvalue weighted by molar-refractivity contribution is 5.83. The van der Waals surface area contributed by atoms with E-state index in [2.05, 4.69) is 40.7 Å². The molecule has 0 aromatic carbocycles. The van der Waals surface area contributed by atoms with Crippen molar-refractivity contribution in [2.75, 3.05) is 6.61 Å². The number of carbonyl (C=O) groups is 1. The maximum absolute atomic E-state index is 10.8. The Bertz CT molecular complexity index is 516. The van der Waals surface area contributed by atoms with Crippen LogP contribution in [0.25, 0.3) is 5.57 Å². The number of hydrogen-bond acceptors (Lipinski definition) is 3. The molecule has 0 amide bonds. The Morgan fingerprint density at radius 2 is 1.95 bits per heavy atom. The van der Waals surface area contributed by atoms with Gasteiger partial charge in [0.05, 0.1) is 12.3 Å². The molecule has 0 aliphatic carbocycles. The van der Waals surface area contributed by atoms with Gasteiger partial charge in [-0.1, -0.05) is 34.6 Å². The molecule has 0 atom stereocenters. The van der Waals surface area contributed by atoms with Crippen molar-refractivity contribution in [3.63, 3.8) is 0 Å². The van der Waals surface area contributed by atoms with Crippen LogP contribution in [0.4, 0.5) is 0 Å². The second-order valence-corrected chi connectivity index (χ2v) is 5.95. The minimum absolute atomic E-state index is 0.276. The maximum Gasteiger partial charge on any atom is 0.148 e.